The summed E-state index contributed by atoms with van der Waals surface area (Å²) in [6, 6.07) is 2.38. The van der Waals surface area contributed by atoms with Crippen LogP contribution in [0.2, 0.25) is 0 Å². The molecule has 16 heavy (non-hydrogen) atoms. The molecule has 4 nitrogen and oxygen atoms in total. The minimum Gasteiger partial charge on any atom is -0.355 e. The van der Waals surface area contributed by atoms with Crippen LogP contribution in [0.4, 0.5) is 5.82 Å². The summed E-state index contributed by atoms with van der Waals surface area (Å²) in [7, 11) is 0. The predicted octanol–water partition coefficient (Wildman–Crippen LogP) is 1.20. The zero-order valence-electron chi connectivity index (χ0n) is 9.69. The van der Waals surface area contributed by atoms with Crippen molar-refractivity contribution >= 4 is 5.82 Å². The molecule has 1 saturated carbocycles. The second kappa shape index (κ2) is 3.70. The molecule has 3 rings (SSSR count). The van der Waals surface area contributed by atoms with Gasteiger partial charge in [-0.15, -0.1) is 0 Å². The Morgan fingerprint density at radius 1 is 1.31 bits per heavy atom. The Hall–Kier alpha value is -1.16. The average molecular weight is 218 g/mol. The molecule has 0 aromatic carbocycles. The van der Waals surface area contributed by atoms with E-state index in [2.05, 4.69) is 20.9 Å². The fourth-order valence-electron chi connectivity index (χ4n) is 2.26. The van der Waals surface area contributed by atoms with E-state index in [0.717, 1.165) is 36.8 Å². The Balaban J connectivity index is 1.88. The molecular weight excluding hydrogens is 200 g/mol. The fraction of sp³-hybridized carbons (Fsp3) is 0.667. The first-order valence-electron chi connectivity index (χ1n) is 6.08. The molecule has 1 aliphatic carbocycles. The molecule has 1 aromatic rings. The van der Waals surface area contributed by atoms with E-state index in [1.54, 1.807) is 0 Å². The molecule has 86 valence electrons. The Labute approximate surface area is 95.9 Å². The van der Waals surface area contributed by atoms with Crippen molar-refractivity contribution in [2.45, 2.75) is 38.1 Å². The highest BCUT2D eigenvalue weighted by Gasteiger charge is 2.28. The first-order valence-corrected chi connectivity index (χ1v) is 6.08. The van der Waals surface area contributed by atoms with Crippen LogP contribution in [0, 0.1) is 6.92 Å². The summed E-state index contributed by atoms with van der Waals surface area (Å²) in [5.41, 5.74) is 7.00. The molecule has 1 aromatic heterocycles. The van der Waals surface area contributed by atoms with Gasteiger partial charge in [0.2, 0.25) is 0 Å². The van der Waals surface area contributed by atoms with Crippen molar-refractivity contribution < 1.29 is 0 Å². The van der Waals surface area contributed by atoms with Crippen molar-refractivity contribution in [1.82, 2.24) is 9.97 Å². The molecule has 2 N–H and O–H groups in total. The number of nitrogens with zero attached hydrogens (tertiary/aromatic N) is 3. The minimum atomic E-state index is 0.305. The van der Waals surface area contributed by atoms with E-state index in [1.165, 1.54) is 12.8 Å². The Morgan fingerprint density at radius 3 is 2.75 bits per heavy atom. The quantitative estimate of drug-likeness (QED) is 0.810. The van der Waals surface area contributed by atoms with Crippen molar-refractivity contribution in [3.8, 4) is 0 Å². The van der Waals surface area contributed by atoms with Gasteiger partial charge in [-0.1, -0.05) is 0 Å². The molecular formula is C12H18N4. The maximum Gasteiger partial charge on any atom is 0.134 e. The average Bonchev–Trinajstić information content (AvgIpc) is 3.01. The van der Waals surface area contributed by atoms with Gasteiger partial charge >= 0.3 is 0 Å². The smallest absolute Gasteiger partial charge is 0.134 e. The maximum absolute atomic E-state index is 5.93. The second-order valence-corrected chi connectivity index (χ2v) is 4.99. The second-order valence-electron chi connectivity index (χ2n) is 4.99. The van der Waals surface area contributed by atoms with E-state index in [-0.39, 0.29) is 0 Å². The third-order valence-corrected chi connectivity index (χ3v) is 3.35. The monoisotopic (exact) mass is 218 g/mol. The van der Waals surface area contributed by atoms with Gasteiger partial charge in [0.1, 0.15) is 11.6 Å². The Kier molecular flexibility index (Phi) is 2.32. The molecule has 0 unspecified atom stereocenters. The van der Waals surface area contributed by atoms with E-state index in [4.69, 9.17) is 5.73 Å². The van der Waals surface area contributed by atoms with Gasteiger partial charge in [0.25, 0.3) is 0 Å². The molecule has 1 atom stereocenters. The van der Waals surface area contributed by atoms with Crippen LogP contribution in [0.5, 0.6) is 0 Å². The van der Waals surface area contributed by atoms with Gasteiger partial charge < -0.3 is 10.6 Å². The number of aromatic nitrogens is 2. The third-order valence-electron chi connectivity index (χ3n) is 3.35. The molecule has 4 heteroatoms. The van der Waals surface area contributed by atoms with Crippen LogP contribution in [0.1, 0.15) is 36.7 Å². The molecule has 2 fully saturated rings. The fourth-order valence-corrected chi connectivity index (χ4v) is 2.26. The number of hydrogen-bond acceptors (Lipinski definition) is 4. The Morgan fingerprint density at radius 2 is 2.12 bits per heavy atom. The van der Waals surface area contributed by atoms with Crippen LogP contribution in [0.15, 0.2) is 6.07 Å². The molecule has 0 bridgehead atoms. The summed E-state index contributed by atoms with van der Waals surface area (Å²) in [6.07, 6.45) is 3.58. The van der Waals surface area contributed by atoms with Gasteiger partial charge in [-0.3, -0.25) is 0 Å². The number of rotatable bonds is 2. The largest absolute Gasteiger partial charge is 0.355 e. The minimum absolute atomic E-state index is 0.305. The lowest BCUT2D eigenvalue weighted by atomic mass is 10.3. The molecule has 1 aliphatic heterocycles. The van der Waals surface area contributed by atoms with Gasteiger partial charge in [-0.25, -0.2) is 9.97 Å². The lowest BCUT2D eigenvalue weighted by molar-refractivity contribution is 0.750. The summed E-state index contributed by atoms with van der Waals surface area (Å²) >= 11 is 0. The van der Waals surface area contributed by atoms with Crippen LogP contribution >= 0.6 is 0 Å². The topological polar surface area (TPSA) is 55.0 Å². The van der Waals surface area contributed by atoms with Gasteiger partial charge in [-0.05, 0) is 26.2 Å². The van der Waals surface area contributed by atoms with E-state index in [1.807, 2.05) is 6.92 Å². The summed E-state index contributed by atoms with van der Waals surface area (Å²) in [6.45, 7) is 4.01. The van der Waals surface area contributed by atoms with Crippen LogP contribution in [0.25, 0.3) is 0 Å². The van der Waals surface area contributed by atoms with Crippen LogP contribution < -0.4 is 10.6 Å². The van der Waals surface area contributed by atoms with Crippen LogP contribution in [-0.2, 0) is 0 Å². The standard InChI is InChI=1S/C12H18N4/c1-8-6-11(16-5-4-10(13)7-16)15-12(14-8)9-2-3-9/h6,9-10H,2-5,7,13H2,1H3/t10-/m0/s1. The molecule has 0 spiro atoms. The predicted molar refractivity (Wildman–Crippen MR) is 63.5 cm³/mol. The first-order chi connectivity index (χ1) is 7.72. The number of anilines is 1. The van der Waals surface area contributed by atoms with Crippen molar-refractivity contribution in [3.05, 3.63) is 17.6 Å². The zero-order valence-corrected chi connectivity index (χ0v) is 9.69. The summed E-state index contributed by atoms with van der Waals surface area (Å²) < 4.78 is 0. The highest BCUT2D eigenvalue weighted by atomic mass is 15.2. The van der Waals surface area contributed by atoms with Crippen molar-refractivity contribution in [3.63, 3.8) is 0 Å². The highest BCUT2D eigenvalue weighted by molar-refractivity contribution is 5.42. The molecule has 1 saturated heterocycles. The summed E-state index contributed by atoms with van der Waals surface area (Å²) in [5, 5.41) is 0. The number of aryl methyl sites for hydroxylation is 1. The van der Waals surface area contributed by atoms with Crippen molar-refractivity contribution in [1.29, 1.82) is 0 Å². The lowest BCUT2D eigenvalue weighted by Crippen LogP contribution is -2.27. The molecule has 2 aliphatic rings. The summed E-state index contributed by atoms with van der Waals surface area (Å²) in [5.74, 6) is 2.73. The normalized spacial score (nSPS) is 25.1. The van der Waals surface area contributed by atoms with Gasteiger partial charge in [0, 0.05) is 36.8 Å². The maximum atomic E-state index is 5.93. The van der Waals surface area contributed by atoms with E-state index < -0.39 is 0 Å². The van der Waals surface area contributed by atoms with Crippen molar-refractivity contribution in [2.75, 3.05) is 18.0 Å². The molecule has 0 radical (unpaired) electrons. The van der Waals surface area contributed by atoms with E-state index in [9.17, 15) is 0 Å². The number of hydrogen-bond donors (Lipinski definition) is 1. The van der Waals surface area contributed by atoms with Gasteiger partial charge in [0.05, 0.1) is 0 Å². The van der Waals surface area contributed by atoms with E-state index in [0.29, 0.717) is 12.0 Å². The third kappa shape index (κ3) is 1.89. The van der Waals surface area contributed by atoms with Gasteiger partial charge in [0.15, 0.2) is 0 Å². The number of nitrogens with two attached hydrogens (primary N) is 1. The van der Waals surface area contributed by atoms with Crippen LogP contribution in [-0.4, -0.2) is 29.1 Å². The Bertz CT molecular complexity index is 400. The van der Waals surface area contributed by atoms with Crippen molar-refractivity contribution in [2.24, 2.45) is 5.73 Å². The van der Waals surface area contributed by atoms with Gasteiger partial charge in [-0.2, -0.15) is 0 Å². The zero-order chi connectivity index (χ0) is 11.1. The van der Waals surface area contributed by atoms with E-state index >= 15 is 0 Å². The SMILES string of the molecule is Cc1cc(N2CC[C@H](N)C2)nc(C2CC2)n1. The summed E-state index contributed by atoms with van der Waals surface area (Å²) in [4.78, 5) is 11.5. The highest BCUT2D eigenvalue weighted by Crippen LogP contribution is 2.38. The molecule has 2 heterocycles. The lowest BCUT2D eigenvalue weighted by Gasteiger charge is -2.17. The first kappa shape index (κ1) is 10.0. The molecule has 0 amide bonds. The van der Waals surface area contributed by atoms with Crippen LogP contribution in [0.3, 0.4) is 0 Å².